The van der Waals surface area contributed by atoms with Gasteiger partial charge in [-0.3, -0.25) is 4.79 Å². The van der Waals surface area contributed by atoms with Gasteiger partial charge in [-0.1, -0.05) is 18.2 Å². The predicted octanol–water partition coefficient (Wildman–Crippen LogP) is 2.50. The van der Waals surface area contributed by atoms with Gasteiger partial charge in [-0.2, -0.15) is 0 Å². The molecule has 0 saturated carbocycles. The fraction of sp³-hybridized carbons (Fsp3) is 0.267. The van der Waals surface area contributed by atoms with Crippen LogP contribution in [0, 0.1) is 0 Å². The van der Waals surface area contributed by atoms with Gasteiger partial charge in [0.25, 0.3) is 0 Å². The van der Waals surface area contributed by atoms with Crippen molar-refractivity contribution in [2.24, 2.45) is 0 Å². The van der Waals surface area contributed by atoms with Crippen LogP contribution in [-0.2, 0) is 11.3 Å². The van der Waals surface area contributed by atoms with Crippen LogP contribution in [0.5, 0.6) is 0 Å². The fourth-order valence-corrected chi connectivity index (χ4v) is 2.45. The third-order valence-corrected chi connectivity index (χ3v) is 3.42. The lowest BCUT2D eigenvalue weighted by molar-refractivity contribution is -0.123. The first-order chi connectivity index (χ1) is 9.34. The highest BCUT2D eigenvalue weighted by molar-refractivity contribution is 5.86. The summed E-state index contributed by atoms with van der Waals surface area (Å²) < 4.78 is 5.21. The molecule has 0 aliphatic carbocycles. The normalized spacial score (nSPS) is 17.4. The lowest BCUT2D eigenvalue weighted by atomic mass is 9.90. The van der Waals surface area contributed by atoms with Crippen molar-refractivity contribution in [3.05, 3.63) is 54.0 Å². The van der Waals surface area contributed by atoms with Crippen molar-refractivity contribution in [3.8, 4) is 0 Å². The van der Waals surface area contributed by atoms with E-state index in [0.29, 0.717) is 6.54 Å². The summed E-state index contributed by atoms with van der Waals surface area (Å²) in [5, 5.41) is 6.25. The Kier molecular flexibility index (Phi) is 3.23. The molecule has 19 heavy (non-hydrogen) atoms. The van der Waals surface area contributed by atoms with Gasteiger partial charge in [-0.15, -0.1) is 0 Å². The second-order valence-corrected chi connectivity index (χ2v) is 4.65. The van der Waals surface area contributed by atoms with E-state index in [-0.39, 0.29) is 11.8 Å². The van der Waals surface area contributed by atoms with Gasteiger partial charge in [0.05, 0.1) is 18.7 Å². The molecule has 1 aromatic heterocycles. The second kappa shape index (κ2) is 5.18. The first-order valence-corrected chi connectivity index (χ1v) is 6.47. The first-order valence-electron chi connectivity index (χ1n) is 6.47. The quantitative estimate of drug-likeness (QED) is 0.887. The topological polar surface area (TPSA) is 54.3 Å². The monoisotopic (exact) mass is 256 g/mol. The molecule has 1 atom stereocenters. The molecule has 0 radical (unpaired) electrons. The molecule has 4 nitrogen and oxygen atoms in total. The highest BCUT2D eigenvalue weighted by atomic mass is 16.3. The van der Waals surface area contributed by atoms with Gasteiger partial charge in [0, 0.05) is 12.2 Å². The molecular weight excluding hydrogens is 240 g/mol. The summed E-state index contributed by atoms with van der Waals surface area (Å²) in [6.45, 7) is 1.27. The largest absolute Gasteiger partial charge is 0.467 e. The molecule has 1 aliphatic rings. The zero-order chi connectivity index (χ0) is 13.1. The lowest BCUT2D eigenvalue weighted by Gasteiger charge is -2.25. The summed E-state index contributed by atoms with van der Waals surface area (Å²) in [6.07, 6.45) is 2.43. The average Bonchev–Trinajstić information content (AvgIpc) is 2.97. The van der Waals surface area contributed by atoms with Crippen molar-refractivity contribution in [1.82, 2.24) is 5.32 Å². The highest BCUT2D eigenvalue weighted by Crippen LogP contribution is 2.31. The maximum Gasteiger partial charge on any atom is 0.228 e. The maximum atomic E-state index is 12.3. The van der Waals surface area contributed by atoms with E-state index in [0.717, 1.165) is 30.0 Å². The highest BCUT2D eigenvalue weighted by Gasteiger charge is 2.25. The third-order valence-electron chi connectivity index (χ3n) is 3.42. The minimum absolute atomic E-state index is 0.0605. The molecule has 0 bridgehead atoms. The summed E-state index contributed by atoms with van der Waals surface area (Å²) in [4.78, 5) is 12.3. The van der Waals surface area contributed by atoms with Crippen LogP contribution in [0.3, 0.4) is 0 Å². The van der Waals surface area contributed by atoms with Gasteiger partial charge in [-0.25, -0.2) is 0 Å². The standard InChI is InChI=1S/C15H16N2O2/c18-15(17-10-11-4-3-9-19-11)13-7-8-16-14-6-2-1-5-12(13)14/h1-6,9,13,16H,7-8,10H2,(H,17,18). The van der Waals surface area contributed by atoms with E-state index >= 15 is 0 Å². The van der Waals surface area contributed by atoms with Gasteiger partial charge in [-0.05, 0) is 30.2 Å². The van der Waals surface area contributed by atoms with Crippen molar-refractivity contribution in [2.75, 3.05) is 11.9 Å². The van der Waals surface area contributed by atoms with Crippen molar-refractivity contribution in [1.29, 1.82) is 0 Å². The van der Waals surface area contributed by atoms with Crippen molar-refractivity contribution >= 4 is 11.6 Å². The van der Waals surface area contributed by atoms with E-state index in [1.807, 2.05) is 36.4 Å². The van der Waals surface area contributed by atoms with E-state index in [1.165, 1.54) is 0 Å². The Morgan fingerprint density at radius 3 is 3.05 bits per heavy atom. The number of para-hydroxylation sites is 1. The number of hydrogen-bond acceptors (Lipinski definition) is 3. The summed E-state index contributed by atoms with van der Waals surface area (Å²) in [7, 11) is 0. The molecule has 4 heteroatoms. The van der Waals surface area contributed by atoms with Crippen LogP contribution < -0.4 is 10.6 Å². The minimum Gasteiger partial charge on any atom is -0.467 e. The summed E-state index contributed by atoms with van der Waals surface area (Å²) in [6, 6.07) is 11.7. The number of carbonyl (C=O) groups is 1. The predicted molar refractivity (Wildman–Crippen MR) is 72.8 cm³/mol. The van der Waals surface area contributed by atoms with Crippen LogP contribution in [0.15, 0.2) is 47.1 Å². The van der Waals surface area contributed by atoms with E-state index in [9.17, 15) is 4.79 Å². The molecule has 1 amide bonds. The molecule has 2 heterocycles. The number of nitrogens with one attached hydrogen (secondary N) is 2. The van der Waals surface area contributed by atoms with Gasteiger partial charge < -0.3 is 15.1 Å². The van der Waals surface area contributed by atoms with E-state index in [4.69, 9.17) is 4.42 Å². The summed E-state index contributed by atoms with van der Waals surface area (Å²) in [5.41, 5.74) is 2.14. The van der Waals surface area contributed by atoms with Crippen LogP contribution in [0.2, 0.25) is 0 Å². The zero-order valence-corrected chi connectivity index (χ0v) is 10.6. The SMILES string of the molecule is O=C(NCc1ccco1)C1CCNc2ccccc21. The van der Waals surface area contributed by atoms with Crippen LogP contribution in [0.25, 0.3) is 0 Å². The number of carbonyl (C=O) groups excluding carboxylic acids is 1. The third kappa shape index (κ3) is 2.47. The Balaban J connectivity index is 1.71. The number of hydrogen-bond donors (Lipinski definition) is 2. The fourth-order valence-electron chi connectivity index (χ4n) is 2.45. The van der Waals surface area contributed by atoms with E-state index in [2.05, 4.69) is 10.6 Å². The summed E-state index contributed by atoms with van der Waals surface area (Å²) >= 11 is 0. The molecule has 1 unspecified atom stereocenters. The Labute approximate surface area is 111 Å². The Morgan fingerprint density at radius 1 is 1.32 bits per heavy atom. The van der Waals surface area contributed by atoms with Crippen LogP contribution in [0.4, 0.5) is 5.69 Å². The number of amides is 1. The van der Waals surface area contributed by atoms with Crippen LogP contribution in [-0.4, -0.2) is 12.5 Å². The lowest BCUT2D eigenvalue weighted by Crippen LogP contribution is -2.32. The number of anilines is 1. The molecule has 2 aromatic rings. The molecule has 98 valence electrons. The Morgan fingerprint density at radius 2 is 2.21 bits per heavy atom. The molecular formula is C15H16N2O2. The zero-order valence-electron chi connectivity index (χ0n) is 10.6. The summed E-state index contributed by atoms with van der Waals surface area (Å²) in [5.74, 6) is 0.758. The van der Waals surface area contributed by atoms with E-state index in [1.54, 1.807) is 6.26 Å². The second-order valence-electron chi connectivity index (χ2n) is 4.65. The first kappa shape index (κ1) is 11.8. The molecule has 0 fully saturated rings. The number of fused-ring (bicyclic) bond motifs is 1. The van der Waals surface area contributed by atoms with Crippen molar-refractivity contribution in [2.45, 2.75) is 18.9 Å². The van der Waals surface area contributed by atoms with Gasteiger partial charge in [0.15, 0.2) is 0 Å². The van der Waals surface area contributed by atoms with E-state index < -0.39 is 0 Å². The maximum absolute atomic E-state index is 12.3. The minimum atomic E-state index is -0.0765. The van der Waals surface area contributed by atoms with Crippen LogP contribution in [0.1, 0.15) is 23.7 Å². The smallest absolute Gasteiger partial charge is 0.228 e. The van der Waals surface area contributed by atoms with Crippen molar-refractivity contribution < 1.29 is 9.21 Å². The Bertz CT molecular complexity index is 563. The van der Waals surface area contributed by atoms with Gasteiger partial charge in [0.2, 0.25) is 5.91 Å². The molecule has 0 spiro atoms. The Hall–Kier alpha value is -2.23. The molecule has 0 saturated heterocycles. The molecule has 2 N–H and O–H groups in total. The van der Waals surface area contributed by atoms with Crippen LogP contribution >= 0.6 is 0 Å². The number of rotatable bonds is 3. The van der Waals surface area contributed by atoms with Gasteiger partial charge >= 0.3 is 0 Å². The molecule has 3 rings (SSSR count). The molecule has 1 aliphatic heterocycles. The molecule has 1 aromatic carbocycles. The number of benzene rings is 1. The van der Waals surface area contributed by atoms with Gasteiger partial charge in [0.1, 0.15) is 5.76 Å². The van der Waals surface area contributed by atoms with Crippen molar-refractivity contribution in [3.63, 3.8) is 0 Å². The average molecular weight is 256 g/mol. The number of furan rings is 1.